The van der Waals surface area contributed by atoms with Crippen LogP contribution in [0.2, 0.25) is 0 Å². The summed E-state index contributed by atoms with van der Waals surface area (Å²) in [5, 5.41) is 3.26. The van der Waals surface area contributed by atoms with E-state index in [-0.39, 0.29) is 11.7 Å². The van der Waals surface area contributed by atoms with Crippen molar-refractivity contribution in [1.82, 2.24) is 5.32 Å². The lowest BCUT2D eigenvalue weighted by molar-refractivity contribution is -0.131. The van der Waals surface area contributed by atoms with Crippen LogP contribution in [0, 0.1) is 11.7 Å². The number of hydrogen-bond donors (Lipinski definition) is 1. The van der Waals surface area contributed by atoms with Crippen LogP contribution < -0.4 is 5.32 Å². The highest BCUT2D eigenvalue weighted by molar-refractivity contribution is 5.89. The molecule has 0 aliphatic heterocycles. The van der Waals surface area contributed by atoms with E-state index in [0.717, 1.165) is 43.6 Å². The summed E-state index contributed by atoms with van der Waals surface area (Å²) in [6, 6.07) is 6.90. The first-order valence-electron chi connectivity index (χ1n) is 8.71. The Labute approximate surface area is 132 Å². The van der Waals surface area contributed by atoms with Gasteiger partial charge in [0.25, 0.3) is 0 Å². The molecule has 0 bridgehead atoms. The lowest BCUT2D eigenvalue weighted by Crippen LogP contribution is -2.52. The van der Waals surface area contributed by atoms with Crippen LogP contribution in [0.4, 0.5) is 4.39 Å². The maximum Gasteiger partial charge on any atom is 0.230 e. The van der Waals surface area contributed by atoms with Crippen molar-refractivity contribution in [2.45, 2.75) is 69.7 Å². The van der Waals surface area contributed by atoms with E-state index in [4.69, 9.17) is 0 Å². The molecule has 0 heterocycles. The van der Waals surface area contributed by atoms with Crippen molar-refractivity contribution in [2.24, 2.45) is 5.92 Å². The maximum atomic E-state index is 13.5. The van der Waals surface area contributed by atoms with E-state index in [0.29, 0.717) is 6.04 Å². The van der Waals surface area contributed by atoms with E-state index >= 15 is 0 Å². The molecule has 2 saturated carbocycles. The summed E-state index contributed by atoms with van der Waals surface area (Å²) in [4.78, 5) is 12.8. The molecule has 2 nitrogen and oxygen atoms in total. The van der Waals surface area contributed by atoms with Gasteiger partial charge in [-0.05, 0) is 62.1 Å². The molecule has 0 atom stereocenters. The molecular weight excluding hydrogens is 277 g/mol. The SMILES string of the molecule is CCC1CCC(NC(=O)C2(c3cccc(F)c3)CCC2)CC1. The Bertz CT molecular complexity index is 530. The fourth-order valence-electron chi connectivity index (χ4n) is 4.00. The second-order valence-corrected chi connectivity index (χ2v) is 7.05. The standard InChI is InChI=1S/C19H26FNO/c1-2-14-7-9-17(10-8-14)21-18(22)19(11-4-12-19)15-5-3-6-16(20)13-15/h3,5-6,13-14,17H,2,4,7-12H2,1H3,(H,21,22). The predicted molar refractivity (Wildman–Crippen MR) is 86.1 cm³/mol. The molecule has 1 N–H and O–H groups in total. The fourth-order valence-corrected chi connectivity index (χ4v) is 4.00. The third kappa shape index (κ3) is 2.90. The zero-order chi connectivity index (χ0) is 15.6. The van der Waals surface area contributed by atoms with E-state index in [1.54, 1.807) is 6.07 Å². The van der Waals surface area contributed by atoms with Gasteiger partial charge in [0.1, 0.15) is 5.82 Å². The van der Waals surface area contributed by atoms with E-state index in [1.807, 2.05) is 6.07 Å². The Hall–Kier alpha value is -1.38. The molecule has 0 radical (unpaired) electrons. The molecule has 0 aromatic heterocycles. The highest BCUT2D eigenvalue weighted by Crippen LogP contribution is 2.44. The Kier molecular flexibility index (Phi) is 4.51. The third-order valence-corrected chi connectivity index (χ3v) is 5.78. The van der Waals surface area contributed by atoms with Crippen molar-refractivity contribution < 1.29 is 9.18 Å². The normalized spacial score (nSPS) is 27.0. The Morgan fingerprint density at radius 2 is 2.00 bits per heavy atom. The third-order valence-electron chi connectivity index (χ3n) is 5.78. The van der Waals surface area contributed by atoms with Crippen LogP contribution in [-0.2, 0) is 10.2 Å². The molecular formula is C19H26FNO. The highest BCUT2D eigenvalue weighted by Gasteiger charge is 2.46. The van der Waals surface area contributed by atoms with Crippen LogP contribution in [-0.4, -0.2) is 11.9 Å². The van der Waals surface area contributed by atoms with Gasteiger partial charge in [0.05, 0.1) is 5.41 Å². The fraction of sp³-hybridized carbons (Fsp3) is 0.632. The number of nitrogens with one attached hydrogen (secondary N) is 1. The average Bonchev–Trinajstić information content (AvgIpc) is 2.47. The molecule has 120 valence electrons. The second kappa shape index (κ2) is 6.39. The topological polar surface area (TPSA) is 29.1 Å². The minimum Gasteiger partial charge on any atom is -0.353 e. The molecule has 1 amide bonds. The van der Waals surface area contributed by atoms with Gasteiger partial charge in [-0.2, -0.15) is 0 Å². The molecule has 2 fully saturated rings. The van der Waals surface area contributed by atoms with Crippen LogP contribution in [0.3, 0.4) is 0 Å². The first kappa shape index (κ1) is 15.5. The molecule has 3 heteroatoms. The van der Waals surface area contributed by atoms with Crippen molar-refractivity contribution in [2.75, 3.05) is 0 Å². The van der Waals surface area contributed by atoms with Gasteiger partial charge < -0.3 is 5.32 Å². The van der Waals surface area contributed by atoms with Crippen molar-refractivity contribution in [3.8, 4) is 0 Å². The van der Waals surface area contributed by atoms with Crippen LogP contribution >= 0.6 is 0 Å². The Balaban J connectivity index is 1.68. The van der Waals surface area contributed by atoms with Gasteiger partial charge in [-0.25, -0.2) is 4.39 Å². The number of carbonyl (C=O) groups excluding carboxylic acids is 1. The summed E-state index contributed by atoms with van der Waals surface area (Å²) in [5.41, 5.74) is 0.363. The van der Waals surface area contributed by atoms with E-state index in [2.05, 4.69) is 12.2 Å². The molecule has 0 unspecified atom stereocenters. The summed E-state index contributed by atoms with van der Waals surface area (Å²) in [5.74, 6) is 0.693. The minimum atomic E-state index is -0.482. The average molecular weight is 303 g/mol. The molecule has 0 saturated heterocycles. The van der Waals surface area contributed by atoms with Gasteiger partial charge in [-0.15, -0.1) is 0 Å². The van der Waals surface area contributed by atoms with E-state index in [9.17, 15) is 9.18 Å². The maximum absolute atomic E-state index is 13.5. The summed E-state index contributed by atoms with van der Waals surface area (Å²) in [6.45, 7) is 2.25. The molecule has 1 aromatic carbocycles. The molecule has 2 aliphatic carbocycles. The molecule has 3 rings (SSSR count). The van der Waals surface area contributed by atoms with Gasteiger partial charge in [0, 0.05) is 6.04 Å². The van der Waals surface area contributed by atoms with Crippen LogP contribution in [0.5, 0.6) is 0 Å². The summed E-state index contributed by atoms with van der Waals surface area (Å²) < 4.78 is 13.5. The molecule has 2 aliphatic rings. The van der Waals surface area contributed by atoms with Gasteiger partial charge in [0.2, 0.25) is 5.91 Å². The number of benzene rings is 1. The molecule has 22 heavy (non-hydrogen) atoms. The van der Waals surface area contributed by atoms with Crippen LogP contribution in [0.15, 0.2) is 24.3 Å². The number of hydrogen-bond acceptors (Lipinski definition) is 1. The second-order valence-electron chi connectivity index (χ2n) is 7.05. The van der Waals surface area contributed by atoms with Crippen molar-refractivity contribution in [1.29, 1.82) is 0 Å². The van der Waals surface area contributed by atoms with Crippen molar-refractivity contribution in [3.05, 3.63) is 35.6 Å². The van der Waals surface area contributed by atoms with E-state index < -0.39 is 5.41 Å². The Morgan fingerprint density at radius 1 is 1.27 bits per heavy atom. The lowest BCUT2D eigenvalue weighted by Gasteiger charge is -2.42. The zero-order valence-electron chi connectivity index (χ0n) is 13.4. The molecule has 1 aromatic rings. The number of rotatable bonds is 4. The first-order valence-corrected chi connectivity index (χ1v) is 8.71. The molecule has 0 spiro atoms. The van der Waals surface area contributed by atoms with Crippen LogP contribution in [0.1, 0.15) is 63.9 Å². The lowest BCUT2D eigenvalue weighted by atomic mass is 9.63. The van der Waals surface area contributed by atoms with Gasteiger partial charge in [0.15, 0.2) is 0 Å². The minimum absolute atomic E-state index is 0.115. The van der Waals surface area contributed by atoms with Crippen LogP contribution in [0.25, 0.3) is 0 Å². The number of carbonyl (C=O) groups is 1. The van der Waals surface area contributed by atoms with E-state index in [1.165, 1.54) is 31.4 Å². The zero-order valence-corrected chi connectivity index (χ0v) is 13.4. The van der Waals surface area contributed by atoms with Crippen molar-refractivity contribution in [3.63, 3.8) is 0 Å². The number of amides is 1. The first-order chi connectivity index (χ1) is 10.6. The predicted octanol–water partition coefficient (Wildman–Crippen LogP) is 4.33. The summed E-state index contributed by atoms with van der Waals surface area (Å²) in [6.07, 6.45) is 8.58. The highest BCUT2D eigenvalue weighted by atomic mass is 19.1. The Morgan fingerprint density at radius 3 is 2.55 bits per heavy atom. The van der Waals surface area contributed by atoms with Gasteiger partial charge in [-0.3, -0.25) is 4.79 Å². The summed E-state index contributed by atoms with van der Waals surface area (Å²) >= 11 is 0. The van der Waals surface area contributed by atoms with Gasteiger partial charge in [-0.1, -0.05) is 31.9 Å². The van der Waals surface area contributed by atoms with Gasteiger partial charge >= 0.3 is 0 Å². The largest absolute Gasteiger partial charge is 0.353 e. The summed E-state index contributed by atoms with van der Waals surface area (Å²) in [7, 11) is 0. The quantitative estimate of drug-likeness (QED) is 0.881. The number of halogens is 1. The monoisotopic (exact) mass is 303 g/mol. The van der Waals surface area contributed by atoms with Crippen molar-refractivity contribution >= 4 is 5.91 Å². The smallest absolute Gasteiger partial charge is 0.230 e.